The van der Waals surface area contributed by atoms with Crippen molar-refractivity contribution in [3.63, 3.8) is 0 Å². The van der Waals surface area contributed by atoms with Gasteiger partial charge < -0.3 is 9.45 Å². The fraction of sp³-hybridized carbons (Fsp3) is 0.333. The first kappa shape index (κ1) is 20.8. The van der Waals surface area contributed by atoms with Crippen molar-refractivity contribution < 1.29 is 31.8 Å². The number of aryl methyl sites for hydroxylation is 2. The Hall–Kier alpha value is -1.25. The molecule has 2 rings (SSSR count). The quantitative estimate of drug-likeness (QED) is 0.425. The molecule has 0 atom stereocenters. The van der Waals surface area contributed by atoms with E-state index in [-0.39, 0.29) is 24.6 Å². The molecular weight excluding hydrogens is 317 g/mol. The third-order valence-corrected chi connectivity index (χ3v) is 4.51. The van der Waals surface area contributed by atoms with Crippen molar-refractivity contribution in [2.75, 3.05) is 17.2 Å². The smallest absolute Gasteiger partial charge is 0.748 e. The van der Waals surface area contributed by atoms with E-state index in [1.165, 1.54) is 11.1 Å². The second kappa shape index (κ2) is 9.29. The van der Waals surface area contributed by atoms with Crippen LogP contribution in [0.2, 0.25) is 0 Å². The van der Waals surface area contributed by atoms with E-state index in [1.54, 1.807) is 0 Å². The fourth-order valence-electron chi connectivity index (χ4n) is 2.41. The molecule has 2 aromatic rings. The molecule has 0 spiro atoms. The first-order chi connectivity index (χ1) is 10.8. The number of rotatable bonds is 7. The maximum absolute atomic E-state index is 10.7. The molecule has 0 bridgehead atoms. The van der Waals surface area contributed by atoms with Crippen LogP contribution in [0.15, 0.2) is 48.5 Å². The summed E-state index contributed by atoms with van der Waals surface area (Å²) in [5.41, 5.74) is 4.50. The maximum atomic E-state index is 10.7. The number of anilines is 2. The van der Waals surface area contributed by atoms with Crippen molar-refractivity contribution in [1.29, 1.82) is 0 Å². The number of nitrogens with zero attached hydrogens (tertiary/aromatic N) is 1. The van der Waals surface area contributed by atoms with Crippen LogP contribution in [0.3, 0.4) is 0 Å². The molecule has 0 aliphatic rings. The summed E-state index contributed by atoms with van der Waals surface area (Å²) in [4.78, 5) is 2.15. The molecule has 0 saturated carbocycles. The van der Waals surface area contributed by atoms with E-state index in [0.717, 1.165) is 11.4 Å². The van der Waals surface area contributed by atoms with Crippen molar-refractivity contribution in [2.45, 2.75) is 26.7 Å². The Labute approximate surface area is 156 Å². The summed E-state index contributed by atoms with van der Waals surface area (Å²) in [6, 6.07) is 16.4. The zero-order chi connectivity index (χ0) is 16.9. The summed E-state index contributed by atoms with van der Waals surface area (Å²) in [5, 5.41) is 0. The third kappa shape index (κ3) is 6.70. The van der Waals surface area contributed by atoms with Crippen LogP contribution in [0.1, 0.15) is 24.0 Å². The molecule has 0 fully saturated rings. The van der Waals surface area contributed by atoms with Gasteiger partial charge >= 0.3 is 18.9 Å². The Kier molecular flexibility index (Phi) is 8.05. The Morgan fingerprint density at radius 3 is 1.62 bits per heavy atom. The molecule has 0 unspecified atom stereocenters. The zero-order valence-electron chi connectivity index (χ0n) is 14.5. The Morgan fingerprint density at radius 2 is 1.25 bits per heavy atom. The van der Waals surface area contributed by atoms with E-state index in [1.807, 2.05) is 13.8 Å². The van der Waals surface area contributed by atoms with Crippen LogP contribution >= 0.6 is 0 Å². The van der Waals surface area contributed by atoms with Gasteiger partial charge in [-0.2, -0.15) is 0 Å². The summed E-state index contributed by atoms with van der Waals surface area (Å²) >= 11 is 0. The predicted octanol–water partition coefficient (Wildman–Crippen LogP) is 0.771. The monoisotopic (exact) mass is 339 g/mol. The first-order valence-corrected chi connectivity index (χ1v) is 9.27. The molecule has 2 aromatic carbocycles. The standard InChI is InChI=1S/C18H23NO3S.Li/c1-15-5-9-17(10-6-15)19(13-3-4-14-23(20,21)22)18-11-7-16(2)8-12-18;/h5-12H,3-4,13-14H2,1-2H3,(H,20,21,22);/q;+1/p-1. The number of benzene rings is 2. The Balaban J connectivity index is 0.00000288. The minimum atomic E-state index is -4.13. The van der Waals surface area contributed by atoms with E-state index < -0.39 is 10.1 Å². The van der Waals surface area contributed by atoms with Crippen LogP contribution in [-0.2, 0) is 10.1 Å². The second-order valence-electron chi connectivity index (χ2n) is 5.79. The van der Waals surface area contributed by atoms with Gasteiger partial charge in [0.05, 0.1) is 10.1 Å². The minimum Gasteiger partial charge on any atom is -0.748 e. The van der Waals surface area contributed by atoms with Crippen molar-refractivity contribution >= 4 is 21.5 Å². The molecule has 6 heteroatoms. The van der Waals surface area contributed by atoms with Crippen molar-refractivity contribution in [1.82, 2.24) is 0 Å². The first-order valence-electron chi connectivity index (χ1n) is 7.69. The minimum absolute atomic E-state index is 0. The van der Waals surface area contributed by atoms with Gasteiger partial charge in [-0.25, -0.2) is 8.42 Å². The van der Waals surface area contributed by atoms with Crippen molar-refractivity contribution in [3.8, 4) is 0 Å². The van der Waals surface area contributed by atoms with Crippen LogP contribution in [0.4, 0.5) is 11.4 Å². The largest absolute Gasteiger partial charge is 1.00 e. The van der Waals surface area contributed by atoms with E-state index in [0.29, 0.717) is 19.4 Å². The Morgan fingerprint density at radius 1 is 0.833 bits per heavy atom. The zero-order valence-corrected chi connectivity index (χ0v) is 15.3. The van der Waals surface area contributed by atoms with Crippen LogP contribution in [-0.4, -0.2) is 25.3 Å². The Bertz CT molecular complexity index is 682. The van der Waals surface area contributed by atoms with Gasteiger partial charge in [0.1, 0.15) is 0 Å². The summed E-state index contributed by atoms with van der Waals surface area (Å²) in [7, 11) is -4.13. The summed E-state index contributed by atoms with van der Waals surface area (Å²) < 4.78 is 32.2. The predicted molar refractivity (Wildman–Crippen MR) is 93.2 cm³/mol. The van der Waals surface area contributed by atoms with Crippen molar-refractivity contribution in [3.05, 3.63) is 59.7 Å². The van der Waals surface area contributed by atoms with Gasteiger partial charge in [-0.3, -0.25) is 0 Å². The van der Waals surface area contributed by atoms with E-state index in [2.05, 4.69) is 53.4 Å². The molecule has 0 radical (unpaired) electrons. The average molecular weight is 339 g/mol. The van der Waals surface area contributed by atoms with E-state index in [4.69, 9.17) is 0 Å². The van der Waals surface area contributed by atoms with E-state index >= 15 is 0 Å². The van der Waals surface area contributed by atoms with Gasteiger partial charge in [0.25, 0.3) is 0 Å². The summed E-state index contributed by atoms with van der Waals surface area (Å²) in [6.45, 7) is 4.75. The SMILES string of the molecule is Cc1ccc(N(CCCCS(=O)(=O)[O-])c2ccc(C)cc2)cc1.[Li+]. The van der Waals surface area contributed by atoms with Gasteiger partial charge in [0.2, 0.25) is 0 Å². The molecule has 124 valence electrons. The third-order valence-electron chi connectivity index (χ3n) is 3.72. The number of hydrogen-bond acceptors (Lipinski definition) is 4. The topological polar surface area (TPSA) is 60.4 Å². The molecule has 4 nitrogen and oxygen atoms in total. The fourth-order valence-corrected chi connectivity index (χ4v) is 2.96. The molecule has 0 aliphatic heterocycles. The summed E-state index contributed by atoms with van der Waals surface area (Å²) in [6.07, 6.45) is 1.02. The van der Waals surface area contributed by atoms with Crippen LogP contribution in [0, 0.1) is 13.8 Å². The molecular formula is C18H22LiNO3S. The van der Waals surface area contributed by atoms with Gasteiger partial charge in [0.15, 0.2) is 0 Å². The van der Waals surface area contributed by atoms with Gasteiger partial charge in [-0.1, -0.05) is 35.4 Å². The second-order valence-corrected chi connectivity index (χ2v) is 7.32. The molecule has 0 aromatic heterocycles. The summed E-state index contributed by atoms with van der Waals surface area (Å²) in [5.74, 6) is -0.303. The molecule has 0 aliphatic carbocycles. The van der Waals surface area contributed by atoms with Gasteiger partial charge in [-0.05, 0) is 51.0 Å². The van der Waals surface area contributed by atoms with Crippen molar-refractivity contribution in [2.24, 2.45) is 0 Å². The maximum Gasteiger partial charge on any atom is 1.00 e. The number of unbranched alkanes of at least 4 members (excludes halogenated alkanes) is 1. The normalized spacial score (nSPS) is 11.0. The van der Waals surface area contributed by atoms with E-state index in [9.17, 15) is 13.0 Å². The molecule has 0 N–H and O–H groups in total. The van der Waals surface area contributed by atoms with Crippen LogP contribution in [0.5, 0.6) is 0 Å². The van der Waals surface area contributed by atoms with Crippen LogP contribution < -0.4 is 23.8 Å². The van der Waals surface area contributed by atoms with Gasteiger partial charge in [0, 0.05) is 23.7 Å². The molecule has 0 heterocycles. The molecule has 0 amide bonds. The molecule has 24 heavy (non-hydrogen) atoms. The van der Waals surface area contributed by atoms with Gasteiger partial charge in [-0.15, -0.1) is 0 Å². The molecule has 0 saturated heterocycles. The van der Waals surface area contributed by atoms with Crippen LogP contribution in [0.25, 0.3) is 0 Å². The number of hydrogen-bond donors (Lipinski definition) is 0. The average Bonchev–Trinajstić information content (AvgIpc) is 2.49.